The summed E-state index contributed by atoms with van der Waals surface area (Å²) in [5.74, 6) is 1.20. The first kappa shape index (κ1) is 9.97. The highest BCUT2D eigenvalue weighted by Gasteiger charge is 2.15. The summed E-state index contributed by atoms with van der Waals surface area (Å²) in [7, 11) is 0. The smallest absolute Gasteiger partial charge is 0.131 e. The lowest BCUT2D eigenvalue weighted by molar-refractivity contribution is 0.916. The Morgan fingerprint density at radius 3 is 2.86 bits per heavy atom. The SMILES string of the molecule is BrCCc1cccnc1N1CCCC1. The molecule has 0 bridgehead atoms. The second-order valence-electron chi connectivity index (χ2n) is 3.62. The minimum Gasteiger partial charge on any atom is -0.356 e. The van der Waals surface area contributed by atoms with Gasteiger partial charge < -0.3 is 4.90 Å². The number of alkyl halides is 1. The maximum absolute atomic E-state index is 4.48. The lowest BCUT2D eigenvalue weighted by Gasteiger charge is -2.19. The molecule has 1 aromatic heterocycles. The molecule has 0 unspecified atom stereocenters. The van der Waals surface area contributed by atoms with Gasteiger partial charge >= 0.3 is 0 Å². The number of halogens is 1. The van der Waals surface area contributed by atoms with Gasteiger partial charge in [-0.05, 0) is 30.9 Å². The Kier molecular flexibility index (Phi) is 3.40. The summed E-state index contributed by atoms with van der Waals surface area (Å²) in [5.41, 5.74) is 1.37. The van der Waals surface area contributed by atoms with E-state index in [1.165, 1.54) is 37.3 Å². The maximum atomic E-state index is 4.48. The van der Waals surface area contributed by atoms with Crippen LogP contribution in [-0.2, 0) is 6.42 Å². The molecular weight excluding hydrogens is 240 g/mol. The number of aryl methyl sites for hydroxylation is 1. The highest BCUT2D eigenvalue weighted by Crippen LogP contribution is 2.22. The highest BCUT2D eigenvalue weighted by molar-refractivity contribution is 9.09. The summed E-state index contributed by atoms with van der Waals surface area (Å²) in [5, 5.41) is 1.01. The molecule has 76 valence electrons. The van der Waals surface area contributed by atoms with Crippen molar-refractivity contribution in [3.63, 3.8) is 0 Å². The predicted octanol–water partition coefficient (Wildman–Crippen LogP) is 2.62. The molecule has 1 aliphatic rings. The quantitative estimate of drug-likeness (QED) is 0.772. The first-order valence-corrected chi connectivity index (χ1v) is 6.29. The van der Waals surface area contributed by atoms with Crippen molar-refractivity contribution < 1.29 is 0 Å². The van der Waals surface area contributed by atoms with Crippen LogP contribution in [-0.4, -0.2) is 23.4 Å². The normalized spacial score (nSPS) is 16.2. The Labute approximate surface area is 93.5 Å². The van der Waals surface area contributed by atoms with Crippen LogP contribution in [0.25, 0.3) is 0 Å². The fourth-order valence-electron chi connectivity index (χ4n) is 1.94. The van der Waals surface area contributed by atoms with Gasteiger partial charge in [0.05, 0.1) is 0 Å². The average Bonchev–Trinajstić information content (AvgIpc) is 2.72. The van der Waals surface area contributed by atoms with E-state index < -0.39 is 0 Å². The zero-order valence-electron chi connectivity index (χ0n) is 8.25. The second kappa shape index (κ2) is 4.78. The molecule has 0 aliphatic carbocycles. The zero-order chi connectivity index (χ0) is 9.80. The second-order valence-corrected chi connectivity index (χ2v) is 4.41. The van der Waals surface area contributed by atoms with Gasteiger partial charge in [-0.25, -0.2) is 4.98 Å². The van der Waals surface area contributed by atoms with Gasteiger partial charge in [0.1, 0.15) is 5.82 Å². The van der Waals surface area contributed by atoms with Crippen LogP contribution in [0.2, 0.25) is 0 Å². The summed E-state index contributed by atoms with van der Waals surface area (Å²) in [6.45, 7) is 2.35. The molecule has 1 aromatic rings. The van der Waals surface area contributed by atoms with Crippen molar-refractivity contribution in [1.82, 2.24) is 4.98 Å². The average molecular weight is 255 g/mol. The summed E-state index contributed by atoms with van der Waals surface area (Å²) >= 11 is 3.48. The van der Waals surface area contributed by atoms with Crippen LogP contribution in [0.5, 0.6) is 0 Å². The first-order valence-electron chi connectivity index (χ1n) is 5.16. The fourth-order valence-corrected chi connectivity index (χ4v) is 2.37. The van der Waals surface area contributed by atoms with Crippen LogP contribution in [0.3, 0.4) is 0 Å². The van der Waals surface area contributed by atoms with Gasteiger partial charge in [0.15, 0.2) is 0 Å². The first-order chi connectivity index (χ1) is 6.92. The number of pyridine rings is 1. The standard InChI is InChI=1S/C11H15BrN2/c12-6-5-10-4-3-7-13-11(10)14-8-1-2-9-14/h3-4,7H,1-2,5-6,8-9H2. The third-order valence-electron chi connectivity index (χ3n) is 2.64. The van der Waals surface area contributed by atoms with E-state index in [-0.39, 0.29) is 0 Å². The Hall–Kier alpha value is -0.570. The van der Waals surface area contributed by atoms with E-state index in [1.807, 2.05) is 12.3 Å². The maximum Gasteiger partial charge on any atom is 0.131 e. The number of hydrogen-bond acceptors (Lipinski definition) is 2. The van der Waals surface area contributed by atoms with Gasteiger partial charge in [-0.3, -0.25) is 0 Å². The largest absolute Gasteiger partial charge is 0.356 e. The van der Waals surface area contributed by atoms with Crippen molar-refractivity contribution in [2.45, 2.75) is 19.3 Å². The lowest BCUT2D eigenvalue weighted by atomic mass is 10.2. The Balaban J connectivity index is 2.21. The summed E-state index contributed by atoms with van der Waals surface area (Å²) in [6.07, 6.45) is 5.58. The summed E-state index contributed by atoms with van der Waals surface area (Å²) in [4.78, 5) is 6.89. The molecule has 2 rings (SSSR count). The number of aromatic nitrogens is 1. The molecule has 0 amide bonds. The molecule has 14 heavy (non-hydrogen) atoms. The molecule has 2 nitrogen and oxygen atoms in total. The minimum absolute atomic E-state index is 1.01. The van der Waals surface area contributed by atoms with E-state index >= 15 is 0 Å². The van der Waals surface area contributed by atoms with Gasteiger partial charge in [0.2, 0.25) is 0 Å². The fraction of sp³-hybridized carbons (Fsp3) is 0.545. The summed E-state index contributed by atoms with van der Waals surface area (Å²) < 4.78 is 0. The van der Waals surface area contributed by atoms with E-state index in [0.717, 1.165) is 11.8 Å². The highest BCUT2D eigenvalue weighted by atomic mass is 79.9. The van der Waals surface area contributed by atoms with Gasteiger partial charge in [-0.2, -0.15) is 0 Å². The number of hydrogen-bond donors (Lipinski definition) is 0. The van der Waals surface area contributed by atoms with E-state index in [9.17, 15) is 0 Å². The van der Waals surface area contributed by atoms with E-state index in [1.54, 1.807) is 0 Å². The molecule has 3 heteroatoms. The van der Waals surface area contributed by atoms with Crippen LogP contribution >= 0.6 is 15.9 Å². The number of anilines is 1. The molecular formula is C11H15BrN2. The Morgan fingerprint density at radius 1 is 1.36 bits per heavy atom. The monoisotopic (exact) mass is 254 g/mol. The molecule has 0 atom stereocenters. The number of rotatable bonds is 3. The van der Waals surface area contributed by atoms with Crippen LogP contribution in [0, 0.1) is 0 Å². The Bertz CT molecular complexity index is 295. The van der Waals surface area contributed by atoms with Gasteiger partial charge in [-0.15, -0.1) is 0 Å². The van der Waals surface area contributed by atoms with Crippen LogP contribution in [0.4, 0.5) is 5.82 Å². The van der Waals surface area contributed by atoms with Crippen LogP contribution < -0.4 is 4.90 Å². The third-order valence-corrected chi connectivity index (χ3v) is 3.03. The number of nitrogens with zero attached hydrogens (tertiary/aromatic N) is 2. The zero-order valence-corrected chi connectivity index (χ0v) is 9.83. The van der Waals surface area contributed by atoms with E-state index in [4.69, 9.17) is 0 Å². The van der Waals surface area contributed by atoms with Crippen molar-refractivity contribution in [3.05, 3.63) is 23.9 Å². The Morgan fingerprint density at radius 2 is 2.14 bits per heavy atom. The van der Waals surface area contributed by atoms with Gasteiger partial charge in [-0.1, -0.05) is 22.0 Å². The minimum atomic E-state index is 1.01. The molecule has 1 aliphatic heterocycles. The van der Waals surface area contributed by atoms with Crippen LogP contribution in [0.1, 0.15) is 18.4 Å². The van der Waals surface area contributed by atoms with Crippen molar-refractivity contribution in [2.75, 3.05) is 23.3 Å². The molecule has 2 heterocycles. The predicted molar refractivity (Wildman–Crippen MR) is 63.2 cm³/mol. The van der Waals surface area contributed by atoms with Crippen LogP contribution in [0.15, 0.2) is 18.3 Å². The molecule has 0 saturated carbocycles. The molecule has 1 fully saturated rings. The van der Waals surface area contributed by atoms with Crippen molar-refractivity contribution in [1.29, 1.82) is 0 Å². The van der Waals surface area contributed by atoms with Crippen molar-refractivity contribution in [3.8, 4) is 0 Å². The third kappa shape index (κ3) is 2.08. The molecule has 0 spiro atoms. The molecule has 0 radical (unpaired) electrons. The van der Waals surface area contributed by atoms with E-state index in [2.05, 4.69) is 31.9 Å². The molecule has 1 saturated heterocycles. The van der Waals surface area contributed by atoms with Gasteiger partial charge in [0, 0.05) is 24.6 Å². The van der Waals surface area contributed by atoms with Crippen molar-refractivity contribution in [2.24, 2.45) is 0 Å². The molecule has 0 aromatic carbocycles. The lowest BCUT2D eigenvalue weighted by Crippen LogP contribution is -2.20. The topological polar surface area (TPSA) is 16.1 Å². The molecule has 0 N–H and O–H groups in total. The van der Waals surface area contributed by atoms with Gasteiger partial charge in [0.25, 0.3) is 0 Å². The van der Waals surface area contributed by atoms with E-state index in [0.29, 0.717) is 0 Å². The van der Waals surface area contributed by atoms with Crippen molar-refractivity contribution >= 4 is 21.7 Å². The summed E-state index contributed by atoms with van der Waals surface area (Å²) in [6, 6.07) is 4.21.